The first-order valence-corrected chi connectivity index (χ1v) is 6.10. The van der Waals surface area contributed by atoms with Gasteiger partial charge < -0.3 is 5.32 Å². The van der Waals surface area contributed by atoms with Crippen LogP contribution in [0.1, 0.15) is 21.1 Å². The van der Waals surface area contributed by atoms with Crippen LogP contribution in [0, 0.1) is 13.8 Å². The van der Waals surface area contributed by atoms with Gasteiger partial charge in [0, 0.05) is 30.4 Å². The Labute approximate surface area is 99.6 Å². The fourth-order valence-corrected chi connectivity index (χ4v) is 2.40. The molecule has 0 aromatic carbocycles. The minimum atomic E-state index is 0.832. The molecule has 2 aromatic rings. The summed E-state index contributed by atoms with van der Waals surface area (Å²) >= 11 is 1.75. The zero-order valence-corrected chi connectivity index (χ0v) is 10.3. The average Bonchev–Trinajstić information content (AvgIpc) is 2.59. The van der Waals surface area contributed by atoms with Gasteiger partial charge in [-0.05, 0) is 31.5 Å². The lowest BCUT2D eigenvalue weighted by Gasteiger charge is -2.03. The van der Waals surface area contributed by atoms with E-state index in [9.17, 15) is 0 Å². The smallest absolute Gasteiger partial charge is 0.0900 e. The first-order valence-electron chi connectivity index (χ1n) is 5.28. The van der Waals surface area contributed by atoms with Gasteiger partial charge in [-0.15, -0.1) is 11.3 Å². The molecule has 84 valence electrons. The summed E-state index contributed by atoms with van der Waals surface area (Å²) in [5, 5.41) is 4.53. The average molecular weight is 233 g/mol. The molecule has 0 fully saturated rings. The summed E-state index contributed by atoms with van der Waals surface area (Å²) in [7, 11) is 0. The summed E-state index contributed by atoms with van der Waals surface area (Å²) in [4.78, 5) is 9.78. The highest BCUT2D eigenvalue weighted by atomic mass is 32.1. The van der Waals surface area contributed by atoms with E-state index in [4.69, 9.17) is 0 Å². The van der Waals surface area contributed by atoms with Gasteiger partial charge in [-0.2, -0.15) is 0 Å². The molecule has 0 atom stereocenters. The molecule has 0 radical (unpaired) electrons. The van der Waals surface area contributed by atoms with Crippen molar-refractivity contribution in [1.82, 2.24) is 15.3 Å². The fourth-order valence-electron chi connectivity index (χ4n) is 1.56. The lowest BCUT2D eigenvalue weighted by molar-refractivity contribution is 0.678. The van der Waals surface area contributed by atoms with Gasteiger partial charge in [-0.1, -0.05) is 0 Å². The molecule has 0 spiro atoms. The summed E-state index contributed by atoms with van der Waals surface area (Å²) in [6, 6.07) is 4.04. The number of hydrogen-bond donors (Lipinski definition) is 1. The number of nitrogens with one attached hydrogen (secondary N) is 1. The number of thiazole rings is 1. The van der Waals surface area contributed by atoms with Crippen LogP contribution in [0.4, 0.5) is 0 Å². The second-order valence-electron chi connectivity index (χ2n) is 3.69. The summed E-state index contributed by atoms with van der Waals surface area (Å²) in [6.07, 6.45) is 3.63. The van der Waals surface area contributed by atoms with Gasteiger partial charge in [-0.25, -0.2) is 4.98 Å². The van der Waals surface area contributed by atoms with Gasteiger partial charge in [0.2, 0.25) is 0 Å². The molecule has 2 aromatic heterocycles. The van der Waals surface area contributed by atoms with Crippen molar-refractivity contribution in [3.05, 3.63) is 45.7 Å². The van der Waals surface area contributed by atoms with Crippen molar-refractivity contribution in [2.45, 2.75) is 26.9 Å². The van der Waals surface area contributed by atoms with Gasteiger partial charge in [-0.3, -0.25) is 4.98 Å². The van der Waals surface area contributed by atoms with E-state index in [0.717, 1.165) is 23.8 Å². The van der Waals surface area contributed by atoms with E-state index in [1.54, 1.807) is 11.3 Å². The van der Waals surface area contributed by atoms with Crippen LogP contribution in [0.25, 0.3) is 0 Å². The van der Waals surface area contributed by atoms with E-state index in [1.807, 2.05) is 31.5 Å². The molecule has 0 aliphatic rings. The zero-order valence-electron chi connectivity index (χ0n) is 9.53. The molecule has 0 saturated heterocycles. The molecule has 2 heterocycles. The molecular formula is C12H15N3S. The monoisotopic (exact) mass is 233 g/mol. The number of rotatable bonds is 4. The van der Waals surface area contributed by atoms with Gasteiger partial charge in [0.15, 0.2) is 0 Å². The Hall–Kier alpha value is -1.26. The number of hydrogen-bond acceptors (Lipinski definition) is 4. The van der Waals surface area contributed by atoms with E-state index in [-0.39, 0.29) is 0 Å². The Morgan fingerprint density at radius 2 is 1.94 bits per heavy atom. The van der Waals surface area contributed by atoms with Crippen molar-refractivity contribution < 1.29 is 0 Å². The summed E-state index contributed by atoms with van der Waals surface area (Å²) in [6.45, 7) is 5.86. The Balaban J connectivity index is 1.87. The third kappa shape index (κ3) is 2.87. The van der Waals surface area contributed by atoms with Crippen LogP contribution in [0.5, 0.6) is 0 Å². The lowest BCUT2D eigenvalue weighted by atomic mass is 10.2. The number of aryl methyl sites for hydroxylation is 2. The highest BCUT2D eigenvalue weighted by Crippen LogP contribution is 2.15. The highest BCUT2D eigenvalue weighted by molar-refractivity contribution is 7.11. The van der Waals surface area contributed by atoms with Crippen molar-refractivity contribution in [3.63, 3.8) is 0 Å². The quantitative estimate of drug-likeness (QED) is 0.881. The van der Waals surface area contributed by atoms with Crippen LogP contribution in [0.2, 0.25) is 0 Å². The fraction of sp³-hybridized carbons (Fsp3) is 0.333. The first-order chi connectivity index (χ1) is 7.75. The van der Waals surface area contributed by atoms with Crippen molar-refractivity contribution in [3.8, 4) is 0 Å². The predicted molar refractivity (Wildman–Crippen MR) is 66.4 cm³/mol. The number of aromatic nitrogens is 2. The molecule has 0 bridgehead atoms. The summed E-state index contributed by atoms with van der Waals surface area (Å²) in [5.74, 6) is 0. The van der Waals surface area contributed by atoms with Crippen molar-refractivity contribution in [1.29, 1.82) is 0 Å². The third-order valence-corrected chi connectivity index (χ3v) is 3.30. The molecule has 0 amide bonds. The minimum Gasteiger partial charge on any atom is -0.307 e. The van der Waals surface area contributed by atoms with Crippen LogP contribution in [-0.2, 0) is 13.1 Å². The molecule has 2 rings (SSSR count). The molecule has 0 unspecified atom stereocenters. The van der Waals surface area contributed by atoms with E-state index in [0.29, 0.717) is 0 Å². The zero-order chi connectivity index (χ0) is 11.4. The normalized spacial score (nSPS) is 10.6. The van der Waals surface area contributed by atoms with Crippen LogP contribution in [-0.4, -0.2) is 9.97 Å². The molecule has 0 aliphatic heterocycles. The van der Waals surface area contributed by atoms with E-state index in [2.05, 4.69) is 22.2 Å². The molecule has 16 heavy (non-hydrogen) atoms. The van der Waals surface area contributed by atoms with Crippen LogP contribution >= 0.6 is 11.3 Å². The first kappa shape index (κ1) is 11.2. The van der Waals surface area contributed by atoms with Gasteiger partial charge in [0.05, 0.1) is 10.7 Å². The van der Waals surface area contributed by atoms with Gasteiger partial charge in [0.25, 0.3) is 0 Å². The summed E-state index contributed by atoms with van der Waals surface area (Å²) < 4.78 is 0. The molecule has 1 N–H and O–H groups in total. The Bertz CT molecular complexity index is 451. The van der Waals surface area contributed by atoms with Crippen LogP contribution in [0.3, 0.4) is 0 Å². The molecule has 0 saturated carbocycles. The van der Waals surface area contributed by atoms with E-state index < -0.39 is 0 Å². The lowest BCUT2D eigenvalue weighted by Crippen LogP contribution is -2.13. The Kier molecular flexibility index (Phi) is 3.64. The largest absolute Gasteiger partial charge is 0.307 e. The molecule has 0 aliphatic carbocycles. The van der Waals surface area contributed by atoms with Gasteiger partial charge >= 0.3 is 0 Å². The van der Waals surface area contributed by atoms with Crippen molar-refractivity contribution >= 4 is 11.3 Å². The highest BCUT2D eigenvalue weighted by Gasteiger charge is 2.03. The maximum atomic E-state index is 4.49. The second-order valence-corrected chi connectivity index (χ2v) is 5.10. The van der Waals surface area contributed by atoms with E-state index in [1.165, 1.54) is 10.4 Å². The topological polar surface area (TPSA) is 37.8 Å². The number of nitrogens with zero attached hydrogens (tertiary/aromatic N) is 2. The molecular weight excluding hydrogens is 218 g/mol. The van der Waals surface area contributed by atoms with Crippen LogP contribution in [0.15, 0.2) is 24.5 Å². The van der Waals surface area contributed by atoms with Gasteiger partial charge in [0.1, 0.15) is 0 Å². The van der Waals surface area contributed by atoms with Crippen LogP contribution < -0.4 is 5.32 Å². The Morgan fingerprint density at radius 1 is 1.19 bits per heavy atom. The van der Waals surface area contributed by atoms with Crippen molar-refractivity contribution in [2.24, 2.45) is 0 Å². The SMILES string of the molecule is Cc1nc(CNCc2ccncc2)c(C)s1. The molecule has 3 nitrogen and oxygen atoms in total. The van der Waals surface area contributed by atoms with Crippen molar-refractivity contribution in [2.75, 3.05) is 0 Å². The second kappa shape index (κ2) is 5.18. The number of pyridine rings is 1. The standard InChI is InChI=1S/C12H15N3S/c1-9-12(15-10(2)16-9)8-14-7-11-3-5-13-6-4-11/h3-6,14H,7-8H2,1-2H3. The molecule has 4 heteroatoms. The van der Waals surface area contributed by atoms with E-state index >= 15 is 0 Å². The minimum absolute atomic E-state index is 0.832. The maximum absolute atomic E-state index is 4.49. The maximum Gasteiger partial charge on any atom is 0.0900 e. The summed E-state index contributed by atoms with van der Waals surface area (Å²) in [5.41, 5.74) is 2.41. The Morgan fingerprint density at radius 3 is 2.56 bits per heavy atom. The predicted octanol–water partition coefficient (Wildman–Crippen LogP) is 2.44. The third-order valence-electron chi connectivity index (χ3n) is 2.37.